The van der Waals surface area contributed by atoms with Crippen LogP contribution in [0.1, 0.15) is 5.56 Å². The smallest absolute Gasteiger partial charge is 0.239 e. The quantitative estimate of drug-likeness (QED) is 0.352. The zero-order valence-corrected chi connectivity index (χ0v) is 20.5. The van der Waals surface area contributed by atoms with E-state index in [4.69, 9.17) is 32.8 Å². The molecule has 0 aliphatic heterocycles. The van der Waals surface area contributed by atoms with Gasteiger partial charge in [0.25, 0.3) is 0 Å². The minimum atomic E-state index is -0.731. The standard InChI is InChI=1S/C27H26O9/c1-30-18-13-16(11-12-17(18)35-14-15-9-7-6-8-10-15)22-21(29)20(28)19-23(31-2)25(32-3)27(34-5)26(33-4)24(19)36-22/h6-13,29H,14H2,1-5H3. The molecule has 0 aliphatic carbocycles. The summed E-state index contributed by atoms with van der Waals surface area (Å²) in [5, 5.41) is 10.8. The second-order valence-corrected chi connectivity index (χ2v) is 7.59. The molecule has 4 aromatic rings. The van der Waals surface area contributed by atoms with Crippen LogP contribution in [0.25, 0.3) is 22.3 Å². The molecule has 1 aromatic heterocycles. The Morgan fingerprint density at radius 2 is 1.39 bits per heavy atom. The molecule has 9 heteroatoms. The topological polar surface area (TPSA) is 106 Å². The predicted octanol–water partition coefficient (Wildman–Crippen LogP) is 4.79. The van der Waals surface area contributed by atoms with Crippen molar-refractivity contribution in [2.24, 2.45) is 0 Å². The maximum absolute atomic E-state index is 13.3. The summed E-state index contributed by atoms with van der Waals surface area (Å²) in [7, 11) is 7.08. The van der Waals surface area contributed by atoms with Gasteiger partial charge in [0, 0.05) is 5.56 Å². The highest BCUT2D eigenvalue weighted by Gasteiger charge is 2.29. The van der Waals surface area contributed by atoms with Gasteiger partial charge in [0.2, 0.25) is 28.4 Å². The summed E-state index contributed by atoms with van der Waals surface area (Å²) in [6.45, 7) is 0.339. The Balaban J connectivity index is 1.87. The van der Waals surface area contributed by atoms with Crippen molar-refractivity contribution < 1.29 is 37.9 Å². The van der Waals surface area contributed by atoms with E-state index in [0.29, 0.717) is 23.7 Å². The van der Waals surface area contributed by atoms with E-state index < -0.39 is 11.2 Å². The van der Waals surface area contributed by atoms with E-state index in [1.807, 2.05) is 30.3 Å². The van der Waals surface area contributed by atoms with Crippen LogP contribution in [0.2, 0.25) is 0 Å². The lowest BCUT2D eigenvalue weighted by Gasteiger charge is -2.18. The molecule has 3 aromatic carbocycles. The van der Waals surface area contributed by atoms with Gasteiger partial charge in [0.15, 0.2) is 28.6 Å². The number of methoxy groups -OCH3 is 5. The van der Waals surface area contributed by atoms with E-state index in [1.165, 1.54) is 35.5 Å². The molecule has 0 spiro atoms. The average Bonchev–Trinajstić information content (AvgIpc) is 2.92. The first kappa shape index (κ1) is 24.6. The molecule has 0 saturated heterocycles. The molecule has 0 atom stereocenters. The lowest BCUT2D eigenvalue weighted by molar-refractivity contribution is 0.284. The van der Waals surface area contributed by atoms with Crippen LogP contribution in [0.15, 0.2) is 57.7 Å². The lowest BCUT2D eigenvalue weighted by atomic mass is 10.1. The second-order valence-electron chi connectivity index (χ2n) is 7.59. The Morgan fingerprint density at radius 1 is 0.750 bits per heavy atom. The summed E-state index contributed by atoms with van der Waals surface area (Å²) >= 11 is 0. The van der Waals surface area contributed by atoms with Gasteiger partial charge in [-0.05, 0) is 23.8 Å². The van der Waals surface area contributed by atoms with Crippen LogP contribution in [0.5, 0.6) is 40.2 Å². The van der Waals surface area contributed by atoms with Gasteiger partial charge in [0.05, 0.1) is 35.5 Å². The number of rotatable bonds is 9. The van der Waals surface area contributed by atoms with Gasteiger partial charge >= 0.3 is 0 Å². The summed E-state index contributed by atoms with van der Waals surface area (Å²) < 4.78 is 39.2. The highest BCUT2D eigenvalue weighted by atomic mass is 16.5. The number of hydrogen-bond donors (Lipinski definition) is 1. The first-order valence-electron chi connectivity index (χ1n) is 10.9. The molecule has 188 valence electrons. The normalized spacial score (nSPS) is 10.7. The predicted molar refractivity (Wildman–Crippen MR) is 133 cm³/mol. The average molecular weight is 494 g/mol. The second kappa shape index (κ2) is 10.4. The number of hydrogen-bond acceptors (Lipinski definition) is 9. The molecule has 0 bridgehead atoms. The third-order valence-corrected chi connectivity index (χ3v) is 5.62. The molecule has 9 nitrogen and oxygen atoms in total. The highest BCUT2D eigenvalue weighted by Crippen LogP contribution is 2.51. The SMILES string of the molecule is COc1cc(-c2oc3c(OC)c(OC)c(OC)c(OC)c3c(=O)c2O)ccc1OCc1ccccc1. The summed E-state index contributed by atoms with van der Waals surface area (Å²) in [5.41, 5.74) is 0.664. The van der Waals surface area contributed by atoms with E-state index in [9.17, 15) is 9.90 Å². The Labute approximate surface area is 207 Å². The maximum atomic E-state index is 13.3. The minimum Gasteiger partial charge on any atom is -0.502 e. The number of aromatic hydroxyl groups is 1. The summed E-state index contributed by atoms with van der Waals surface area (Å²) in [5.74, 6) is 0.627. The van der Waals surface area contributed by atoms with E-state index in [2.05, 4.69) is 0 Å². The third-order valence-electron chi connectivity index (χ3n) is 5.62. The molecular weight excluding hydrogens is 468 g/mol. The molecule has 1 N–H and O–H groups in total. The monoisotopic (exact) mass is 494 g/mol. The summed E-state index contributed by atoms with van der Waals surface area (Å²) in [6, 6.07) is 14.6. The van der Waals surface area contributed by atoms with E-state index in [-0.39, 0.29) is 39.7 Å². The summed E-state index contributed by atoms with van der Waals surface area (Å²) in [6.07, 6.45) is 0. The summed E-state index contributed by atoms with van der Waals surface area (Å²) in [4.78, 5) is 13.3. The zero-order chi connectivity index (χ0) is 25.8. The molecule has 0 radical (unpaired) electrons. The molecule has 0 aliphatic rings. The Bertz CT molecular complexity index is 1440. The van der Waals surface area contributed by atoms with Crippen LogP contribution in [0, 0.1) is 0 Å². The number of fused-ring (bicyclic) bond motifs is 1. The Hall–Kier alpha value is -4.53. The largest absolute Gasteiger partial charge is 0.502 e. The lowest BCUT2D eigenvalue weighted by Crippen LogP contribution is -2.08. The molecule has 0 unspecified atom stereocenters. The molecule has 0 saturated carbocycles. The van der Waals surface area contributed by atoms with Crippen LogP contribution in [-0.4, -0.2) is 40.7 Å². The van der Waals surface area contributed by atoms with Gasteiger partial charge < -0.3 is 37.9 Å². The van der Waals surface area contributed by atoms with E-state index in [0.717, 1.165) is 5.56 Å². The van der Waals surface area contributed by atoms with Crippen molar-refractivity contribution in [3.05, 3.63) is 64.3 Å². The Kier molecular flexibility index (Phi) is 7.10. The van der Waals surface area contributed by atoms with Gasteiger partial charge in [-0.1, -0.05) is 30.3 Å². The molecule has 0 fully saturated rings. The van der Waals surface area contributed by atoms with Crippen molar-refractivity contribution in [2.75, 3.05) is 35.5 Å². The number of ether oxygens (including phenoxy) is 6. The Morgan fingerprint density at radius 3 is 2.00 bits per heavy atom. The fourth-order valence-corrected chi connectivity index (χ4v) is 3.93. The van der Waals surface area contributed by atoms with Gasteiger partial charge in [-0.3, -0.25) is 4.79 Å². The molecule has 36 heavy (non-hydrogen) atoms. The maximum Gasteiger partial charge on any atom is 0.239 e. The van der Waals surface area contributed by atoms with Gasteiger partial charge in [-0.15, -0.1) is 0 Å². The van der Waals surface area contributed by atoms with Crippen LogP contribution in [-0.2, 0) is 6.61 Å². The fraction of sp³-hybridized carbons (Fsp3) is 0.222. The minimum absolute atomic E-state index is 0.0215. The van der Waals surface area contributed by atoms with Gasteiger partial charge in [-0.2, -0.15) is 0 Å². The van der Waals surface area contributed by atoms with Crippen molar-refractivity contribution in [1.29, 1.82) is 0 Å². The van der Waals surface area contributed by atoms with Gasteiger partial charge in [-0.25, -0.2) is 0 Å². The zero-order valence-electron chi connectivity index (χ0n) is 20.5. The van der Waals surface area contributed by atoms with Crippen molar-refractivity contribution >= 4 is 11.0 Å². The van der Waals surface area contributed by atoms with Crippen LogP contribution in [0.3, 0.4) is 0 Å². The van der Waals surface area contributed by atoms with Crippen LogP contribution >= 0.6 is 0 Å². The van der Waals surface area contributed by atoms with E-state index >= 15 is 0 Å². The highest BCUT2D eigenvalue weighted by molar-refractivity contribution is 5.96. The molecule has 0 amide bonds. The van der Waals surface area contributed by atoms with Gasteiger partial charge in [0.1, 0.15) is 12.0 Å². The van der Waals surface area contributed by atoms with Crippen molar-refractivity contribution in [3.8, 4) is 51.6 Å². The van der Waals surface area contributed by atoms with Crippen LogP contribution in [0.4, 0.5) is 0 Å². The molecular formula is C27H26O9. The van der Waals surface area contributed by atoms with Crippen LogP contribution < -0.4 is 33.8 Å². The third kappa shape index (κ3) is 4.19. The number of benzene rings is 3. The first-order chi connectivity index (χ1) is 17.5. The van der Waals surface area contributed by atoms with Crippen molar-refractivity contribution in [1.82, 2.24) is 0 Å². The molecule has 1 heterocycles. The van der Waals surface area contributed by atoms with Crippen molar-refractivity contribution in [3.63, 3.8) is 0 Å². The first-order valence-corrected chi connectivity index (χ1v) is 10.9. The fourth-order valence-electron chi connectivity index (χ4n) is 3.93. The van der Waals surface area contributed by atoms with E-state index in [1.54, 1.807) is 18.2 Å². The molecule has 4 rings (SSSR count). The van der Waals surface area contributed by atoms with Crippen molar-refractivity contribution in [2.45, 2.75) is 6.61 Å².